The molecule has 1 N–H and O–H groups in total. The number of imidazole rings is 1. The Balaban J connectivity index is 2.04. The van der Waals surface area contributed by atoms with E-state index < -0.39 is 0 Å². The Bertz CT molecular complexity index is 1080. The third kappa shape index (κ3) is 2.65. The largest absolute Gasteiger partial charge is 0.497 e. The number of rotatable bonds is 4. The van der Waals surface area contributed by atoms with Gasteiger partial charge in [0.1, 0.15) is 11.5 Å². The Morgan fingerprint density at radius 2 is 1.93 bits per heavy atom. The van der Waals surface area contributed by atoms with Crippen LogP contribution in [0.5, 0.6) is 11.5 Å². The number of Topliss-reactive ketones (excluding diaryl/α,β-unsaturated/α-hetero) is 1. The van der Waals surface area contributed by atoms with Gasteiger partial charge in [-0.05, 0) is 38.1 Å². The third-order valence-electron chi connectivity index (χ3n) is 4.95. The third-order valence-corrected chi connectivity index (χ3v) is 4.95. The molecule has 27 heavy (non-hydrogen) atoms. The molecule has 138 valence electrons. The van der Waals surface area contributed by atoms with Gasteiger partial charge in [0.25, 0.3) is 0 Å². The van der Waals surface area contributed by atoms with Gasteiger partial charge in [-0.1, -0.05) is 12.1 Å². The molecule has 6 nitrogen and oxygen atoms in total. The van der Waals surface area contributed by atoms with Crippen molar-refractivity contribution in [1.29, 1.82) is 0 Å². The quantitative estimate of drug-likeness (QED) is 0.761. The fourth-order valence-electron chi connectivity index (χ4n) is 3.76. The zero-order chi connectivity index (χ0) is 19.1. The number of hydrogen-bond acceptors (Lipinski definition) is 5. The zero-order valence-electron chi connectivity index (χ0n) is 15.7. The number of methoxy groups -OCH3 is 2. The molecule has 0 amide bonds. The van der Waals surface area contributed by atoms with E-state index in [1.54, 1.807) is 21.1 Å². The van der Waals surface area contributed by atoms with Crippen LogP contribution in [0.1, 0.15) is 25.5 Å². The molecular formula is C21H21N3O3. The maximum absolute atomic E-state index is 12.6. The standard InChI is InChI=1S/C21H21N3O3/c1-12-19(13(2)25)20(15-10-9-14(26-3)11-18(15)27-4)24-17-8-6-5-7-16(17)23-21(24)22-12/h5-11,20H,1-4H3,(H,22,23)/t20-/m1/s1. The van der Waals surface area contributed by atoms with Crippen LogP contribution in [0.4, 0.5) is 5.95 Å². The van der Waals surface area contributed by atoms with Crippen molar-refractivity contribution in [2.75, 3.05) is 19.5 Å². The molecule has 4 rings (SSSR count). The Morgan fingerprint density at radius 3 is 2.63 bits per heavy atom. The summed E-state index contributed by atoms with van der Waals surface area (Å²) in [6.45, 7) is 3.50. The van der Waals surface area contributed by atoms with Crippen molar-refractivity contribution in [3.8, 4) is 11.5 Å². The first-order chi connectivity index (χ1) is 13.0. The van der Waals surface area contributed by atoms with Crippen molar-refractivity contribution < 1.29 is 14.3 Å². The molecule has 0 spiro atoms. The van der Waals surface area contributed by atoms with Crippen LogP contribution in [0.15, 0.2) is 53.7 Å². The average Bonchev–Trinajstić information content (AvgIpc) is 3.03. The molecule has 1 aliphatic rings. The summed E-state index contributed by atoms with van der Waals surface area (Å²) >= 11 is 0. The van der Waals surface area contributed by atoms with Gasteiger partial charge in [-0.3, -0.25) is 9.36 Å². The lowest BCUT2D eigenvalue weighted by Crippen LogP contribution is -2.27. The van der Waals surface area contributed by atoms with Gasteiger partial charge < -0.3 is 14.8 Å². The predicted molar refractivity (Wildman–Crippen MR) is 104 cm³/mol. The normalized spacial score (nSPS) is 16.1. The molecule has 3 aromatic rings. The molecule has 1 atom stereocenters. The first-order valence-electron chi connectivity index (χ1n) is 8.72. The lowest BCUT2D eigenvalue weighted by molar-refractivity contribution is -0.114. The summed E-state index contributed by atoms with van der Waals surface area (Å²) in [7, 11) is 3.24. The number of para-hydroxylation sites is 2. The van der Waals surface area contributed by atoms with Gasteiger partial charge in [0, 0.05) is 22.9 Å². The number of nitrogens with zero attached hydrogens (tertiary/aromatic N) is 2. The van der Waals surface area contributed by atoms with Gasteiger partial charge in [-0.2, -0.15) is 0 Å². The number of ketones is 1. The van der Waals surface area contributed by atoms with Crippen molar-refractivity contribution in [2.45, 2.75) is 19.9 Å². The Labute approximate surface area is 157 Å². The summed E-state index contributed by atoms with van der Waals surface area (Å²) in [5.74, 6) is 2.08. The SMILES string of the molecule is COc1ccc([C@@H]2C(C(C)=O)=C(C)Nc3nc4ccccc4n32)c(OC)c1. The topological polar surface area (TPSA) is 65.4 Å². The molecule has 0 aliphatic carbocycles. The fraction of sp³-hybridized carbons (Fsp3) is 0.238. The number of ether oxygens (including phenoxy) is 2. The highest BCUT2D eigenvalue weighted by Crippen LogP contribution is 2.43. The second kappa shape index (κ2) is 6.46. The van der Waals surface area contributed by atoms with Crippen molar-refractivity contribution in [2.24, 2.45) is 0 Å². The van der Waals surface area contributed by atoms with Gasteiger partial charge in [0.15, 0.2) is 5.78 Å². The molecule has 6 heteroatoms. The smallest absolute Gasteiger partial charge is 0.209 e. The van der Waals surface area contributed by atoms with E-state index in [4.69, 9.17) is 14.5 Å². The highest BCUT2D eigenvalue weighted by Gasteiger charge is 2.34. The summed E-state index contributed by atoms with van der Waals surface area (Å²) < 4.78 is 13.0. The molecule has 1 aliphatic heterocycles. The van der Waals surface area contributed by atoms with Crippen LogP contribution in [0, 0.1) is 0 Å². The van der Waals surface area contributed by atoms with Crippen LogP contribution >= 0.6 is 0 Å². The number of benzene rings is 2. The first-order valence-corrected chi connectivity index (χ1v) is 8.72. The van der Waals surface area contributed by atoms with Crippen molar-refractivity contribution in [3.05, 3.63) is 59.3 Å². The first kappa shape index (κ1) is 17.1. The van der Waals surface area contributed by atoms with Crippen LogP contribution in [0.25, 0.3) is 11.0 Å². The van der Waals surface area contributed by atoms with Gasteiger partial charge >= 0.3 is 0 Å². The maximum Gasteiger partial charge on any atom is 0.209 e. The van der Waals surface area contributed by atoms with E-state index in [-0.39, 0.29) is 11.8 Å². The minimum atomic E-state index is -0.341. The number of aromatic nitrogens is 2. The van der Waals surface area contributed by atoms with E-state index in [2.05, 4.69) is 9.88 Å². The number of fused-ring (bicyclic) bond motifs is 3. The van der Waals surface area contributed by atoms with E-state index in [9.17, 15) is 4.79 Å². The number of anilines is 1. The number of carbonyl (C=O) groups is 1. The maximum atomic E-state index is 12.6. The minimum absolute atomic E-state index is 0.00584. The lowest BCUT2D eigenvalue weighted by Gasteiger charge is -2.31. The van der Waals surface area contributed by atoms with Gasteiger partial charge in [-0.25, -0.2) is 4.98 Å². The molecule has 2 aromatic carbocycles. The molecule has 0 radical (unpaired) electrons. The number of nitrogens with one attached hydrogen (secondary N) is 1. The van der Waals surface area contributed by atoms with Gasteiger partial charge in [0.05, 0.1) is 31.3 Å². The summed E-state index contributed by atoms with van der Waals surface area (Å²) in [6, 6.07) is 13.2. The highest BCUT2D eigenvalue weighted by molar-refractivity contribution is 5.97. The summed E-state index contributed by atoms with van der Waals surface area (Å²) in [6.07, 6.45) is 0. The van der Waals surface area contributed by atoms with Crippen LogP contribution in [-0.4, -0.2) is 29.6 Å². The van der Waals surface area contributed by atoms with Crippen molar-refractivity contribution in [3.63, 3.8) is 0 Å². The highest BCUT2D eigenvalue weighted by atomic mass is 16.5. The number of hydrogen-bond donors (Lipinski definition) is 1. The molecular weight excluding hydrogens is 342 g/mol. The second-order valence-corrected chi connectivity index (χ2v) is 6.52. The number of carbonyl (C=O) groups excluding carboxylic acids is 1. The fourth-order valence-corrected chi connectivity index (χ4v) is 3.76. The Morgan fingerprint density at radius 1 is 1.15 bits per heavy atom. The Kier molecular flexibility index (Phi) is 4.11. The summed E-state index contributed by atoms with van der Waals surface area (Å²) in [4.78, 5) is 17.3. The molecule has 0 bridgehead atoms. The molecule has 0 saturated carbocycles. The molecule has 1 aromatic heterocycles. The van der Waals surface area contributed by atoms with Crippen LogP contribution in [0.2, 0.25) is 0 Å². The van der Waals surface area contributed by atoms with Crippen molar-refractivity contribution >= 4 is 22.8 Å². The minimum Gasteiger partial charge on any atom is -0.497 e. The zero-order valence-corrected chi connectivity index (χ0v) is 15.7. The van der Waals surface area contributed by atoms with Gasteiger partial charge in [-0.15, -0.1) is 0 Å². The molecule has 0 fully saturated rings. The van der Waals surface area contributed by atoms with E-state index in [1.807, 2.05) is 49.4 Å². The van der Waals surface area contributed by atoms with Crippen LogP contribution < -0.4 is 14.8 Å². The molecule has 0 unspecified atom stereocenters. The molecule has 0 saturated heterocycles. The summed E-state index contributed by atoms with van der Waals surface area (Å²) in [5, 5.41) is 3.29. The lowest BCUT2D eigenvalue weighted by atomic mass is 9.92. The van der Waals surface area contributed by atoms with E-state index in [0.717, 1.165) is 22.3 Å². The van der Waals surface area contributed by atoms with Crippen molar-refractivity contribution in [1.82, 2.24) is 9.55 Å². The van der Waals surface area contributed by atoms with E-state index in [1.165, 1.54) is 0 Å². The average molecular weight is 363 g/mol. The predicted octanol–water partition coefficient (Wildman–Crippen LogP) is 3.93. The van der Waals surface area contributed by atoms with Gasteiger partial charge in [0.2, 0.25) is 5.95 Å². The van der Waals surface area contributed by atoms with E-state index in [0.29, 0.717) is 23.0 Å². The summed E-state index contributed by atoms with van der Waals surface area (Å²) in [5.41, 5.74) is 4.19. The van der Waals surface area contributed by atoms with Crippen LogP contribution in [0.3, 0.4) is 0 Å². The number of allylic oxidation sites excluding steroid dienone is 2. The molecule has 2 heterocycles. The second-order valence-electron chi connectivity index (χ2n) is 6.52. The van der Waals surface area contributed by atoms with Crippen LogP contribution in [-0.2, 0) is 4.79 Å². The Hall–Kier alpha value is -3.28. The van der Waals surface area contributed by atoms with E-state index >= 15 is 0 Å². The monoisotopic (exact) mass is 363 g/mol.